The standard InChI is InChI=1S/C20H25NO7/c1-19(2,3)28-18(25)21-13(11-12-9-7-6-8-10-12)15(22)14-16(23)26-20(4,5)27-17(14)24/h6-10,13-14H,11H2,1-5H3,(H,21,25). The van der Waals surface area contributed by atoms with E-state index in [-0.39, 0.29) is 6.42 Å². The molecule has 1 unspecified atom stereocenters. The fourth-order valence-corrected chi connectivity index (χ4v) is 2.68. The van der Waals surface area contributed by atoms with Crippen LogP contribution in [0.15, 0.2) is 30.3 Å². The van der Waals surface area contributed by atoms with Gasteiger partial charge in [0.25, 0.3) is 5.79 Å². The Kier molecular flexibility index (Phi) is 6.11. The van der Waals surface area contributed by atoms with Gasteiger partial charge in [-0.05, 0) is 32.8 Å². The van der Waals surface area contributed by atoms with Gasteiger partial charge in [-0.15, -0.1) is 0 Å². The van der Waals surface area contributed by atoms with Crippen LogP contribution in [0.2, 0.25) is 0 Å². The van der Waals surface area contributed by atoms with Gasteiger partial charge < -0.3 is 19.5 Å². The van der Waals surface area contributed by atoms with Crippen molar-refractivity contribution in [1.29, 1.82) is 0 Å². The van der Waals surface area contributed by atoms with Gasteiger partial charge in [0.2, 0.25) is 5.92 Å². The molecule has 0 radical (unpaired) electrons. The Morgan fingerprint density at radius 2 is 1.64 bits per heavy atom. The number of ether oxygens (including phenoxy) is 3. The van der Waals surface area contributed by atoms with Crippen molar-refractivity contribution in [2.24, 2.45) is 5.92 Å². The lowest BCUT2D eigenvalue weighted by molar-refractivity contribution is -0.238. The summed E-state index contributed by atoms with van der Waals surface area (Å²) in [5, 5.41) is 2.45. The molecule has 8 heteroatoms. The van der Waals surface area contributed by atoms with Gasteiger partial charge in [-0.25, -0.2) is 4.79 Å². The van der Waals surface area contributed by atoms with E-state index in [0.29, 0.717) is 0 Å². The Bertz CT molecular complexity index is 745. The largest absolute Gasteiger partial charge is 0.444 e. The van der Waals surface area contributed by atoms with E-state index in [0.717, 1.165) is 5.56 Å². The zero-order valence-corrected chi connectivity index (χ0v) is 16.6. The van der Waals surface area contributed by atoms with Gasteiger partial charge in [-0.1, -0.05) is 30.3 Å². The number of hydrogen-bond donors (Lipinski definition) is 1. The van der Waals surface area contributed by atoms with E-state index in [4.69, 9.17) is 14.2 Å². The monoisotopic (exact) mass is 391 g/mol. The van der Waals surface area contributed by atoms with Crippen LogP contribution in [0.5, 0.6) is 0 Å². The molecule has 28 heavy (non-hydrogen) atoms. The van der Waals surface area contributed by atoms with Crippen LogP contribution in [-0.4, -0.2) is 41.2 Å². The first-order chi connectivity index (χ1) is 12.9. The molecule has 2 rings (SSSR count). The molecule has 0 spiro atoms. The number of benzene rings is 1. The molecule has 8 nitrogen and oxygen atoms in total. The Hall–Kier alpha value is -2.90. The highest BCUT2D eigenvalue weighted by atomic mass is 16.7. The van der Waals surface area contributed by atoms with Crippen LogP contribution in [0.25, 0.3) is 0 Å². The van der Waals surface area contributed by atoms with Gasteiger partial charge in [-0.3, -0.25) is 14.4 Å². The third-order valence-electron chi connectivity index (χ3n) is 3.77. The van der Waals surface area contributed by atoms with Crippen molar-refractivity contribution in [1.82, 2.24) is 5.32 Å². The molecule has 1 aromatic carbocycles. The van der Waals surface area contributed by atoms with Gasteiger partial charge in [0.1, 0.15) is 5.60 Å². The molecule has 1 N–H and O–H groups in total. The molecule has 1 saturated heterocycles. The first-order valence-corrected chi connectivity index (χ1v) is 8.91. The number of Topliss-reactive ketones (excluding diaryl/α,β-unsaturated/α-hetero) is 1. The van der Waals surface area contributed by atoms with E-state index in [1.54, 1.807) is 51.1 Å². The van der Waals surface area contributed by atoms with Gasteiger partial charge in [0.05, 0.1) is 6.04 Å². The van der Waals surface area contributed by atoms with Crippen molar-refractivity contribution < 1.29 is 33.4 Å². The Morgan fingerprint density at radius 3 is 2.14 bits per heavy atom. The second kappa shape index (κ2) is 8.00. The molecule has 0 aromatic heterocycles. The van der Waals surface area contributed by atoms with E-state index >= 15 is 0 Å². The van der Waals surface area contributed by atoms with Gasteiger partial charge in [-0.2, -0.15) is 0 Å². The Morgan fingerprint density at radius 1 is 1.11 bits per heavy atom. The minimum absolute atomic E-state index is 0.0688. The van der Waals surface area contributed by atoms with E-state index in [2.05, 4.69) is 5.32 Å². The maximum Gasteiger partial charge on any atom is 0.408 e. The average molecular weight is 391 g/mol. The van der Waals surface area contributed by atoms with Crippen LogP contribution in [0.4, 0.5) is 4.79 Å². The molecule has 1 fully saturated rings. The van der Waals surface area contributed by atoms with Crippen LogP contribution in [0, 0.1) is 5.92 Å². The Labute approximate surface area is 163 Å². The highest BCUT2D eigenvalue weighted by Crippen LogP contribution is 2.25. The fraction of sp³-hybridized carbons (Fsp3) is 0.500. The van der Waals surface area contributed by atoms with Crippen molar-refractivity contribution >= 4 is 23.8 Å². The normalized spacial score (nSPS) is 17.9. The van der Waals surface area contributed by atoms with Crippen molar-refractivity contribution in [3.63, 3.8) is 0 Å². The van der Waals surface area contributed by atoms with Crippen LogP contribution >= 0.6 is 0 Å². The maximum atomic E-state index is 13.0. The number of rotatable bonds is 5. The lowest BCUT2D eigenvalue weighted by atomic mass is 9.92. The number of ketones is 1. The summed E-state index contributed by atoms with van der Waals surface area (Å²) in [5.41, 5.74) is -0.0493. The summed E-state index contributed by atoms with van der Waals surface area (Å²) in [6.07, 6.45) is -0.765. The number of esters is 2. The molecule has 1 amide bonds. The average Bonchev–Trinajstić information content (AvgIpc) is 2.51. The molecule has 152 valence electrons. The first kappa shape index (κ1) is 21.4. The fourth-order valence-electron chi connectivity index (χ4n) is 2.68. The molecule has 0 saturated carbocycles. The van der Waals surface area contributed by atoms with Crippen molar-refractivity contribution in [2.45, 2.75) is 58.5 Å². The number of amides is 1. The molecule has 0 aliphatic carbocycles. The molecular weight excluding hydrogens is 366 g/mol. The van der Waals surface area contributed by atoms with Crippen molar-refractivity contribution in [2.75, 3.05) is 0 Å². The first-order valence-electron chi connectivity index (χ1n) is 8.91. The number of carbonyl (C=O) groups excluding carboxylic acids is 4. The van der Waals surface area contributed by atoms with E-state index in [1.165, 1.54) is 13.8 Å². The summed E-state index contributed by atoms with van der Waals surface area (Å²) in [6.45, 7) is 7.82. The number of carbonyl (C=O) groups is 4. The molecule has 1 aromatic rings. The third-order valence-corrected chi connectivity index (χ3v) is 3.77. The zero-order valence-electron chi connectivity index (χ0n) is 16.6. The van der Waals surface area contributed by atoms with E-state index in [9.17, 15) is 19.2 Å². The molecular formula is C20H25NO7. The minimum Gasteiger partial charge on any atom is -0.444 e. The topological polar surface area (TPSA) is 108 Å². The second-order valence-corrected chi connectivity index (χ2v) is 7.97. The zero-order chi connectivity index (χ0) is 21.1. The van der Waals surface area contributed by atoms with Gasteiger partial charge in [0, 0.05) is 13.8 Å². The predicted molar refractivity (Wildman–Crippen MR) is 98.1 cm³/mol. The SMILES string of the molecule is CC(C)(C)OC(=O)NC(Cc1ccccc1)C(=O)C1C(=O)OC(C)(C)OC1=O. The van der Waals surface area contributed by atoms with Crippen molar-refractivity contribution in [3.8, 4) is 0 Å². The third kappa shape index (κ3) is 5.80. The molecule has 1 aliphatic rings. The number of cyclic esters (lactones) is 2. The minimum atomic E-state index is -1.77. The highest BCUT2D eigenvalue weighted by molar-refractivity contribution is 6.17. The molecule has 0 bridgehead atoms. The molecule has 1 atom stereocenters. The quantitative estimate of drug-likeness (QED) is 0.605. The lowest BCUT2D eigenvalue weighted by Crippen LogP contribution is -2.55. The van der Waals surface area contributed by atoms with Crippen LogP contribution in [-0.2, 0) is 35.0 Å². The number of nitrogens with one attached hydrogen (secondary N) is 1. The van der Waals surface area contributed by atoms with Gasteiger partial charge in [0.15, 0.2) is 5.78 Å². The van der Waals surface area contributed by atoms with Crippen LogP contribution in [0.1, 0.15) is 40.2 Å². The number of hydrogen-bond acceptors (Lipinski definition) is 7. The second-order valence-electron chi connectivity index (χ2n) is 7.97. The summed E-state index contributed by atoms with van der Waals surface area (Å²) >= 11 is 0. The summed E-state index contributed by atoms with van der Waals surface area (Å²) in [4.78, 5) is 49.6. The van der Waals surface area contributed by atoms with E-state index in [1.807, 2.05) is 0 Å². The lowest BCUT2D eigenvalue weighted by Gasteiger charge is -2.33. The summed E-state index contributed by atoms with van der Waals surface area (Å²) in [5.74, 6) is -6.04. The van der Waals surface area contributed by atoms with E-state index < -0.39 is 47.2 Å². The maximum absolute atomic E-state index is 13.0. The van der Waals surface area contributed by atoms with Crippen LogP contribution in [0.3, 0.4) is 0 Å². The molecule has 1 aliphatic heterocycles. The molecule has 1 heterocycles. The summed E-state index contributed by atoms with van der Waals surface area (Å²) in [7, 11) is 0. The summed E-state index contributed by atoms with van der Waals surface area (Å²) < 4.78 is 15.2. The predicted octanol–water partition coefficient (Wildman–Crippen LogP) is 2.14. The highest BCUT2D eigenvalue weighted by Gasteiger charge is 2.49. The number of alkyl carbamates (subject to hydrolysis) is 1. The van der Waals surface area contributed by atoms with Crippen molar-refractivity contribution in [3.05, 3.63) is 35.9 Å². The smallest absolute Gasteiger partial charge is 0.408 e. The summed E-state index contributed by atoms with van der Waals surface area (Å²) in [6, 6.07) is 7.70. The van der Waals surface area contributed by atoms with Crippen LogP contribution < -0.4 is 5.32 Å². The van der Waals surface area contributed by atoms with Gasteiger partial charge >= 0.3 is 18.0 Å². The Balaban J connectivity index is 2.24.